The van der Waals surface area contributed by atoms with Gasteiger partial charge < -0.3 is 20.1 Å². The Bertz CT molecular complexity index is 565. The minimum Gasteiger partial charge on any atom is -0.481 e. The van der Waals surface area contributed by atoms with Crippen LogP contribution >= 0.6 is 0 Å². The molecule has 2 atom stereocenters. The van der Waals surface area contributed by atoms with Crippen LogP contribution in [0.15, 0.2) is 24.3 Å². The standard InChI is InChI=1S/C19H28N2O4/c1-13(2)15-6-8-16(9-7-15)25-14(3)18(22)20-10-11-21-19(23)17-5-4-12-24-17/h6-9,13-14,17H,4-5,10-12H2,1-3H3,(H,20,22)(H,21,23). The summed E-state index contributed by atoms with van der Waals surface area (Å²) in [5.41, 5.74) is 1.23. The average Bonchev–Trinajstić information content (AvgIpc) is 3.13. The Labute approximate surface area is 149 Å². The van der Waals surface area contributed by atoms with Crippen molar-refractivity contribution in [3.63, 3.8) is 0 Å². The van der Waals surface area contributed by atoms with Gasteiger partial charge in [-0.25, -0.2) is 0 Å². The number of rotatable bonds is 8. The molecule has 1 heterocycles. The second kappa shape index (κ2) is 9.42. The van der Waals surface area contributed by atoms with Crippen LogP contribution in [-0.2, 0) is 14.3 Å². The molecule has 2 N–H and O–H groups in total. The highest BCUT2D eigenvalue weighted by Crippen LogP contribution is 2.19. The Morgan fingerprint density at radius 2 is 1.84 bits per heavy atom. The van der Waals surface area contributed by atoms with E-state index < -0.39 is 6.10 Å². The summed E-state index contributed by atoms with van der Waals surface area (Å²) in [4.78, 5) is 23.8. The first-order valence-corrected chi connectivity index (χ1v) is 8.91. The monoisotopic (exact) mass is 348 g/mol. The van der Waals surface area contributed by atoms with E-state index in [0.29, 0.717) is 31.4 Å². The van der Waals surface area contributed by atoms with E-state index in [0.717, 1.165) is 12.8 Å². The maximum Gasteiger partial charge on any atom is 0.260 e. The lowest BCUT2D eigenvalue weighted by molar-refractivity contribution is -0.130. The Hall–Kier alpha value is -2.08. The lowest BCUT2D eigenvalue weighted by Crippen LogP contribution is -2.42. The van der Waals surface area contributed by atoms with Gasteiger partial charge in [-0.3, -0.25) is 9.59 Å². The summed E-state index contributed by atoms with van der Waals surface area (Å²) >= 11 is 0. The first-order valence-electron chi connectivity index (χ1n) is 8.91. The molecule has 6 nitrogen and oxygen atoms in total. The van der Waals surface area contributed by atoms with Crippen molar-refractivity contribution in [2.45, 2.75) is 51.7 Å². The maximum absolute atomic E-state index is 12.0. The fourth-order valence-electron chi connectivity index (χ4n) is 2.60. The Kier molecular flexibility index (Phi) is 7.25. The number of hydrogen-bond acceptors (Lipinski definition) is 4. The van der Waals surface area contributed by atoms with Crippen molar-refractivity contribution in [2.24, 2.45) is 0 Å². The van der Waals surface area contributed by atoms with E-state index in [2.05, 4.69) is 24.5 Å². The molecule has 2 unspecified atom stereocenters. The molecule has 2 amide bonds. The Balaban J connectivity index is 1.66. The number of benzene rings is 1. The molecule has 0 aromatic heterocycles. The van der Waals surface area contributed by atoms with E-state index in [1.165, 1.54) is 5.56 Å². The minimum absolute atomic E-state index is 0.110. The van der Waals surface area contributed by atoms with Gasteiger partial charge in [0.2, 0.25) is 5.91 Å². The molecule has 0 radical (unpaired) electrons. The largest absolute Gasteiger partial charge is 0.481 e. The van der Waals surface area contributed by atoms with Gasteiger partial charge in [-0.1, -0.05) is 26.0 Å². The zero-order chi connectivity index (χ0) is 18.2. The van der Waals surface area contributed by atoms with Crippen molar-refractivity contribution >= 4 is 11.8 Å². The fourth-order valence-corrected chi connectivity index (χ4v) is 2.60. The summed E-state index contributed by atoms with van der Waals surface area (Å²) in [6.45, 7) is 7.34. The predicted molar refractivity (Wildman–Crippen MR) is 95.6 cm³/mol. The van der Waals surface area contributed by atoms with Crippen LogP contribution in [0.1, 0.15) is 45.1 Å². The molecule has 25 heavy (non-hydrogen) atoms. The van der Waals surface area contributed by atoms with Gasteiger partial charge in [0.05, 0.1) is 0 Å². The molecule has 1 aromatic rings. The van der Waals surface area contributed by atoms with Crippen molar-refractivity contribution < 1.29 is 19.1 Å². The van der Waals surface area contributed by atoms with Gasteiger partial charge in [0.15, 0.2) is 6.10 Å². The zero-order valence-corrected chi connectivity index (χ0v) is 15.2. The van der Waals surface area contributed by atoms with Gasteiger partial charge in [-0.2, -0.15) is 0 Å². The summed E-state index contributed by atoms with van der Waals surface area (Å²) in [6, 6.07) is 7.76. The van der Waals surface area contributed by atoms with Crippen molar-refractivity contribution in [3.8, 4) is 5.75 Å². The third-order valence-electron chi connectivity index (χ3n) is 4.17. The van der Waals surface area contributed by atoms with E-state index in [9.17, 15) is 9.59 Å². The van der Waals surface area contributed by atoms with Crippen molar-refractivity contribution in [1.29, 1.82) is 0 Å². The van der Waals surface area contributed by atoms with E-state index in [4.69, 9.17) is 9.47 Å². The summed E-state index contributed by atoms with van der Waals surface area (Å²) in [5.74, 6) is 0.805. The van der Waals surface area contributed by atoms with Crippen LogP contribution in [0.25, 0.3) is 0 Å². The molecule has 138 valence electrons. The minimum atomic E-state index is -0.598. The van der Waals surface area contributed by atoms with Gasteiger partial charge in [-0.05, 0) is 43.4 Å². The van der Waals surface area contributed by atoms with Crippen LogP contribution < -0.4 is 15.4 Å². The van der Waals surface area contributed by atoms with Gasteiger partial charge >= 0.3 is 0 Å². The topological polar surface area (TPSA) is 76.7 Å². The summed E-state index contributed by atoms with van der Waals surface area (Å²) in [5, 5.41) is 5.52. The van der Waals surface area contributed by atoms with Crippen molar-refractivity contribution in [1.82, 2.24) is 10.6 Å². The van der Waals surface area contributed by atoms with E-state index in [-0.39, 0.29) is 17.9 Å². The van der Waals surface area contributed by atoms with Crippen molar-refractivity contribution in [2.75, 3.05) is 19.7 Å². The molecular weight excluding hydrogens is 320 g/mol. The predicted octanol–water partition coefficient (Wildman–Crippen LogP) is 1.99. The molecule has 0 spiro atoms. The lowest BCUT2D eigenvalue weighted by atomic mass is 10.0. The summed E-state index contributed by atoms with van der Waals surface area (Å²) in [7, 11) is 0. The molecule has 1 aliphatic rings. The molecule has 1 fully saturated rings. The summed E-state index contributed by atoms with van der Waals surface area (Å²) in [6.07, 6.45) is 0.742. The van der Waals surface area contributed by atoms with Crippen LogP contribution in [-0.4, -0.2) is 43.7 Å². The van der Waals surface area contributed by atoms with E-state index >= 15 is 0 Å². The highest BCUT2D eigenvalue weighted by Gasteiger charge is 2.23. The highest BCUT2D eigenvalue weighted by molar-refractivity contribution is 5.82. The van der Waals surface area contributed by atoms with Crippen LogP contribution in [0.2, 0.25) is 0 Å². The molecule has 0 bridgehead atoms. The van der Waals surface area contributed by atoms with Gasteiger partial charge in [-0.15, -0.1) is 0 Å². The maximum atomic E-state index is 12.0. The molecule has 1 aliphatic heterocycles. The smallest absolute Gasteiger partial charge is 0.260 e. The van der Waals surface area contributed by atoms with Crippen LogP contribution in [0.3, 0.4) is 0 Å². The molecule has 1 saturated heterocycles. The van der Waals surface area contributed by atoms with E-state index in [1.807, 2.05) is 24.3 Å². The van der Waals surface area contributed by atoms with Gasteiger partial charge in [0.25, 0.3) is 5.91 Å². The number of carbonyl (C=O) groups excluding carboxylic acids is 2. The van der Waals surface area contributed by atoms with Gasteiger partial charge in [0.1, 0.15) is 11.9 Å². The number of amides is 2. The first-order chi connectivity index (χ1) is 12.0. The number of carbonyl (C=O) groups is 2. The van der Waals surface area contributed by atoms with E-state index in [1.54, 1.807) is 6.92 Å². The van der Waals surface area contributed by atoms with Crippen LogP contribution in [0, 0.1) is 0 Å². The molecule has 0 aliphatic carbocycles. The number of ether oxygens (including phenoxy) is 2. The third-order valence-corrected chi connectivity index (χ3v) is 4.17. The Morgan fingerprint density at radius 3 is 2.44 bits per heavy atom. The normalized spacial score (nSPS) is 18.0. The average molecular weight is 348 g/mol. The molecule has 6 heteroatoms. The van der Waals surface area contributed by atoms with Crippen LogP contribution in [0.4, 0.5) is 0 Å². The van der Waals surface area contributed by atoms with Crippen molar-refractivity contribution in [3.05, 3.63) is 29.8 Å². The second-order valence-corrected chi connectivity index (χ2v) is 6.57. The fraction of sp³-hybridized carbons (Fsp3) is 0.579. The molecule has 0 saturated carbocycles. The highest BCUT2D eigenvalue weighted by atomic mass is 16.5. The van der Waals surface area contributed by atoms with Crippen LogP contribution in [0.5, 0.6) is 5.75 Å². The quantitative estimate of drug-likeness (QED) is 0.705. The Morgan fingerprint density at radius 1 is 1.16 bits per heavy atom. The lowest BCUT2D eigenvalue weighted by Gasteiger charge is -2.16. The first kappa shape index (κ1) is 19.2. The third kappa shape index (κ3) is 6.05. The molecule has 1 aromatic carbocycles. The zero-order valence-electron chi connectivity index (χ0n) is 15.2. The van der Waals surface area contributed by atoms with Gasteiger partial charge in [0, 0.05) is 19.7 Å². The summed E-state index contributed by atoms with van der Waals surface area (Å²) < 4.78 is 11.0. The molecular formula is C19H28N2O4. The SMILES string of the molecule is CC(Oc1ccc(C(C)C)cc1)C(=O)NCCNC(=O)C1CCCO1. The number of hydrogen-bond donors (Lipinski definition) is 2. The number of nitrogens with one attached hydrogen (secondary N) is 2. The second-order valence-electron chi connectivity index (χ2n) is 6.57. The molecule has 2 rings (SSSR count).